The maximum atomic E-state index is 11.6. The molecule has 0 unspecified atom stereocenters. The summed E-state index contributed by atoms with van der Waals surface area (Å²) in [5.74, 6) is 0.593. The van der Waals surface area contributed by atoms with Crippen LogP contribution in [0.4, 0.5) is 17.2 Å². The highest BCUT2D eigenvalue weighted by atomic mass is 79.9. The predicted octanol–water partition coefficient (Wildman–Crippen LogP) is 4.72. The SMILES string of the molecule is CCCCC(=O)Nc1ccc(Nc2ccc(Br)cc2)cn1. The second-order valence-electron chi connectivity index (χ2n) is 4.72. The Morgan fingerprint density at radius 2 is 1.86 bits per heavy atom. The minimum Gasteiger partial charge on any atom is -0.354 e. The second kappa shape index (κ2) is 7.78. The highest BCUT2D eigenvalue weighted by Crippen LogP contribution is 2.19. The van der Waals surface area contributed by atoms with E-state index >= 15 is 0 Å². The fourth-order valence-electron chi connectivity index (χ4n) is 1.78. The van der Waals surface area contributed by atoms with Crippen LogP contribution in [0.25, 0.3) is 0 Å². The van der Waals surface area contributed by atoms with Crippen molar-refractivity contribution in [3.63, 3.8) is 0 Å². The molecule has 110 valence electrons. The molecule has 0 saturated heterocycles. The zero-order valence-corrected chi connectivity index (χ0v) is 13.5. The summed E-state index contributed by atoms with van der Waals surface area (Å²) >= 11 is 3.40. The van der Waals surface area contributed by atoms with Crippen LogP contribution in [0.1, 0.15) is 26.2 Å². The molecule has 0 aliphatic rings. The lowest BCUT2D eigenvalue weighted by Crippen LogP contribution is -2.12. The summed E-state index contributed by atoms with van der Waals surface area (Å²) < 4.78 is 1.04. The van der Waals surface area contributed by atoms with Crippen molar-refractivity contribution in [1.82, 2.24) is 4.98 Å². The summed E-state index contributed by atoms with van der Waals surface area (Å²) in [5, 5.41) is 6.04. The van der Waals surface area contributed by atoms with Gasteiger partial charge in [-0.3, -0.25) is 4.79 Å². The average Bonchev–Trinajstić information content (AvgIpc) is 2.49. The molecule has 0 radical (unpaired) electrons. The Labute approximate surface area is 133 Å². The van der Waals surface area contributed by atoms with Crippen molar-refractivity contribution in [3.05, 3.63) is 47.1 Å². The maximum Gasteiger partial charge on any atom is 0.225 e. The van der Waals surface area contributed by atoms with Gasteiger partial charge in [-0.25, -0.2) is 4.98 Å². The van der Waals surface area contributed by atoms with Crippen molar-refractivity contribution in [2.45, 2.75) is 26.2 Å². The molecule has 1 heterocycles. The Bertz CT molecular complexity index is 581. The Morgan fingerprint density at radius 3 is 2.48 bits per heavy atom. The summed E-state index contributed by atoms with van der Waals surface area (Å²) in [6, 6.07) is 11.6. The van der Waals surface area contributed by atoms with Gasteiger partial charge < -0.3 is 10.6 Å². The number of carbonyl (C=O) groups is 1. The average molecular weight is 348 g/mol. The topological polar surface area (TPSA) is 54.0 Å². The normalized spacial score (nSPS) is 10.2. The minimum absolute atomic E-state index is 0.0120. The number of hydrogen-bond donors (Lipinski definition) is 2. The molecular formula is C16H18BrN3O. The number of nitrogens with zero attached hydrogens (tertiary/aromatic N) is 1. The molecule has 0 aliphatic carbocycles. The molecule has 0 atom stereocenters. The Balaban J connectivity index is 1.92. The van der Waals surface area contributed by atoms with Gasteiger partial charge in [-0.15, -0.1) is 0 Å². The number of aromatic nitrogens is 1. The van der Waals surface area contributed by atoms with Gasteiger partial charge in [0.25, 0.3) is 0 Å². The van der Waals surface area contributed by atoms with Gasteiger partial charge in [0.05, 0.1) is 11.9 Å². The van der Waals surface area contributed by atoms with E-state index in [0.717, 1.165) is 28.7 Å². The summed E-state index contributed by atoms with van der Waals surface area (Å²) in [5.41, 5.74) is 1.86. The van der Waals surface area contributed by atoms with E-state index in [0.29, 0.717) is 12.2 Å². The van der Waals surface area contributed by atoms with E-state index in [4.69, 9.17) is 0 Å². The molecule has 1 aromatic heterocycles. The van der Waals surface area contributed by atoms with Crippen LogP contribution in [-0.2, 0) is 4.79 Å². The Kier molecular flexibility index (Phi) is 5.75. The van der Waals surface area contributed by atoms with Gasteiger partial charge in [0.2, 0.25) is 5.91 Å². The number of unbranched alkanes of at least 4 members (excludes halogenated alkanes) is 1. The van der Waals surface area contributed by atoms with E-state index < -0.39 is 0 Å². The predicted molar refractivity (Wildman–Crippen MR) is 89.8 cm³/mol. The van der Waals surface area contributed by atoms with Crippen LogP contribution in [0.5, 0.6) is 0 Å². The molecule has 2 rings (SSSR count). The zero-order chi connectivity index (χ0) is 15.1. The van der Waals surface area contributed by atoms with Crippen molar-refractivity contribution in [1.29, 1.82) is 0 Å². The number of carbonyl (C=O) groups excluding carboxylic acids is 1. The fourth-order valence-corrected chi connectivity index (χ4v) is 2.05. The van der Waals surface area contributed by atoms with Crippen molar-refractivity contribution in [2.75, 3.05) is 10.6 Å². The van der Waals surface area contributed by atoms with E-state index in [1.54, 1.807) is 12.3 Å². The number of halogens is 1. The molecule has 1 aromatic carbocycles. The van der Waals surface area contributed by atoms with Crippen LogP contribution in [0.3, 0.4) is 0 Å². The van der Waals surface area contributed by atoms with Crippen LogP contribution in [0, 0.1) is 0 Å². The molecule has 0 saturated carbocycles. The molecular weight excluding hydrogens is 330 g/mol. The molecule has 2 N–H and O–H groups in total. The number of nitrogens with one attached hydrogen (secondary N) is 2. The molecule has 4 nitrogen and oxygen atoms in total. The van der Waals surface area contributed by atoms with Gasteiger partial charge >= 0.3 is 0 Å². The van der Waals surface area contributed by atoms with Crippen LogP contribution in [-0.4, -0.2) is 10.9 Å². The van der Waals surface area contributed by atoms with Gasteiger partial charge in [0, 0.05) is 16.6 Å². The Morgan fingerprint density at radius 1 is 1.14 bits per heavy atom. The van der Waals surface area contributed by atoms with Gasteiger partial charge in [-0.1, -0.05) is 29.3 Å². The van der Waals surface area contributed by atoms with E-state index in [-0.39, 0.29) is 5.91 Å². The number of hydrogen-bond acceptors (Lipinski definition) is 3. The third kappa shape index (κ3) is 5.19. The minimum atomic E-state index is 0.0120. The highest BCUT2D eigenvalue weighted by molar-refractivity contribution is 9.10. The standard InChI is InChI=1S/C16H18BrN3O/c1-2-3-4-16(21)20-15-10-9-14(11-18-15)19-13-7-5-12(17)6-8-13/h5-11,19H,2-4H2,1H3,(H,18,20,21). The largest absolute Gasteiger partial charge is 0.354 e. The molecule has 0 spiro atoms. The zero-order valence-electron chi connectivity index (χ0n) is 11.9. The highest BCUT2D eigenvalue weighted by Gasteiger charge is 2.02. The lowest BCUT2D eigenvalue weighted by molar-refractivity contribution is -0.116. The molecule has 0 bridgehead atoms. The van der Waals surface area contributed by atoms with Crippen molar-refractivity contribution < 1.29 is 4.79 Å². The van der Waals surface area contributed by atoms with E-state index in [2.05, 4.69) is 38.5 Å². The summed E-state index contributed by atoms with van der Waals surface area (Å²) in [6.45, 7) is 2.06. The third-order valence-corrected chi connectivity index (χ3v) is 3.45. The molecule has 5 heteroatoms. The quantitative estimate of drug-likeness (QED) is 0.794. The van der Waals surface area contributed by atoms with E-state index in [1.165, 1.54) is 0 Å². The van der Waals surface area contributed by atoms with Crippen LogP contribution in [0.2, 0.25) is 0 Å². The van der Waals surface area contributed by atoms with Crippen LogP contribution >= 0.6 is 15.9 Å². The van der Waals surface area contributed by atoms with Crippen molar-refractivity contribution in [2.24, 2.45) is 0 Å². The second-order valence-corrected chi connectivity index (χ2v) is 5.63. The summed E-state index contributed by atoms with van der Waals surface area (Å²) in [4.78, 5) is 15.8. The van der Waals surface area contributed by atoms with Crippen LogP contribution in [0.15, 0.2) is 47.1 Å². The fraction of sp³-hybridized carbons (Fsp3) is 0.250. The van der Waals surface area contributed by atoms with E-state index in [9.17, 15) is 4.79 Å². The number of rotatable bonds is 6. The number of amides is 1. The number of pyridine rings is 1. The summed E-state index contributed by atoms with van der Waals surface area (Å²) in [7, 11) is 0. The lowest BCUT2D eigenvalue weighted by Gasteiger charge is -2.08. The van der Waals surface area contributed by atoms with Gasteiger partial charge in [0.1, 0.15) is 5.82 Å². The van der Waals surface area contributed by atoms with E-state index in [1.807, 2.05) is 30.3 Å². The first kappa shape index (κ1) is 15.5. The number of anilines is 3. The Hall–Kier alpha value is -1.88. The third-order valence-electron chi connectivity index (χ3n) is 2.92. The summed E-state index contributed by atoms with van der Waals surface area (Å²) in [6.07, 6.45) is 4.15. The van der Waals surface area contributed by atoms with Gasteiger partial charge in [-0.2, -0.15) is 0 Å². The molecule has 2 aromatic rings. The van der Waals surface area contributed by atoms with Crippen molar-refractivity contribution >= 4 is 39.0 Å². The molecule has 21 heavy (non-hydrogen) atoms. The first-order chi connectivity index (χ1) is 10.2. The van der Waals surface area contributed by atoms with Gasteiger partial charge in [-0.05, 0) is 42.8 Å². The first-order valence-electron chi connectivity index (χ1n) is 6.96. The lowest BCUT2D eigenvalue weighted by atomic mass is 10.2. The molecule has 0 aliphatic heterocycles. The maximum absolute atomic E-state index is 11.6. The first-order valence-corrected chi connectivity index (χ1v) is 7.75. The van der Waals surface area contributed by atoms with Crippen molar-refractivity contribution in [3.8, 4) is 0 Å². The van der Waals surface area contributed by atoms with Gasteiger partial charge in [0.15, 0.2) is 0 Å². The van der Waals surface area contributed by atoms with Crippen LogP contribution < -0.4 is 10.6 Å². The smallest absolute Gasteiger partial charge is 0.225 e. The monoisotopic (exact) mass is 347 g/mol. The molecule has 0 fully saturated rings. The number of benzene rings is 1. The molecule has 1 amide bonds.